The summed E-state index contributed by atoms with van der Waals surface area (Å²) >= 11 is 5.94. The topological polar surface area (TPSA) is 58.1 Å². The second kappa shape index (κ2) is 9.88. The summed E-state index contributed by atoms with van der Waals surface area (Å²) in [6.45, 7) is 2.02. The third kappa shape index (κ3) is 5.58. The zero-order valence-corrected chi connectivity index (χ0v) is 17.9. The molecule has 1 unspecified atom stereocenters. The Labute approximate surface area is 186 Å². The smallest absolute Gasteiger partial charge is 0.224 e. The number of nitrogens with one attached hydrogen (secondary N) is 1. The van der Waals surface area contributed by atoms with Gasteiger partial charge in [-0.05, 0) is 61.2 Å². The maximum Gasteiger partial charge on any atom is 0.224 e. The minimum atomic E-state index is -0.251. The highest BCUT2D eigenvalue weighted by molar-refractivity contribution is 6.30. The van der Waals surface area contributed by atoms with Gasteiger partial charge in [0.25, 0.3) is 0 Å². The van der Waals surface area contributed by atoms with E-state index in [0.29, 0.717) is 24.5 Å². The fraction of sp³-hybridized carbons (Fsp3) is 0.292. The fourth-order valence-corrected chi connectivity index (χ4v) is 3.92. The number of benzene rings is 2. The van der Waals surface area contributed by atoms with Gasteiger partial charge in [0.2, 0.25) is 5.91 Å². The molecule has 1 saturated heterocycles. The van der Waals surface area contributed by atoms with Crippen LogP contribution in [0.3, 0.4) is 0 Å². The molecule has 1 amide bonds. The highest BCUT2D eigenvalue weighted by atomic mass is 35.5. The molecule has 4 rings (SSSR count). The Morgan fingerprint density at radius 2 is 1.84 bits per heavy atom. The molecule has 160 valence electrons. The van der Waals surface area contributed by atoms with Gasteiger partial charge in [0.1, 0.15) is 5.82 Å². The van der Waals surface area contributed by atoms with Crippen molar-refractivity contribution in [2.45, 2.75) is 19.3 Å². The van der Waals surface area contributed by atoms with Crippen molar-refractivity contribution in [1.82, 2.24) is 15.5 Å². The van der Waals surface area contributed by atoms with Crippen molar-refractivity contribution in [2.24, 2.45) is 5.92 Å². The van der Waals surface area contributed by atoms with Crippen LogP contribution in [0.4, 0.5) is 10.2 Å². The van der Waals surface area contributed by atoms with Gasteiger partial charge in [-0.15, -0.1) is 10.2 Å². The predicted octanol–water partition coefficient (Wildman–Crippen LogP) is 4.51. The Morgan fingerprint density at radius 1 is 1.06 bits per heavy atom. The van der Waals surface area contributed by atoms with Crippen LogP contribution in [-0.4, -0.2) is 35.7 Å². The maximum absolute atomic E-state index is 13.0. The molecule has 0 saturated carbocycles. The summed E-state index contributed by atoms with van der Waals surface area (Å²) in [5.74, 6) is 0.498. The van der Waals surface area contributed by atoms with Crippen molar-refractivity contribution in [3.8, 4) is 11.3 Å². The Morgan fingerprint density at radius 3 is 2.55 bits per heavy atom. The number of aromatic nitrogens is 2. The fourth-order valence-electron chi connectivity index (χ4n) is 3.79. The van der Waals surface area contributed by atoms with E-state index < -0.39 is 0 Å². The normalized spacial score (nSPS) is 16.2. The largest absolute Gasteiger partial charge is 0.355 e. The van der Waals surface area contributed by atoms with Gasteiger partial charge in [-0.1, -0.05) is 35.9 Å². The van der Waals surface area contributed by atoms with Crippen molar-refractivity contribution in [1.29, 1.82) is 0 Å². The van der Waals surface area contributed by atoms with Gasteiger partial charge in [-0.25, -0.2) is 4.39 Å². The molecule has 1 atom stereocenters. The first-order valence-corrected chi connectivity index (χ1v) is 10.8. The van der Waals surface area contributed by atoms with E-state index in [9.17, 15) is 9.18 Å². The Balaban J connectivity index is 1.31. The number of hydrogen-bond acceptors (Lipinski definition) is 4. The highest BCUT2D eigenvalue weighted by Crippen LogP contribution is 2.24. The molecule has 0 aliphatic carbocycles. The number of anilines is 1. The summed E-state index contributed by atoms with van der Waals surface area (Å²) in [6, 6.07) is 17.8. The number of piperidine rings is 1. The number of carbonyl (C=O) groups excluding carboxylic acids is 1. The molecule has 1 aliphatic heterocycles. The first-order valence-electron chi connectivity index (χ1n) is 10.5. The van der Waals surface area contributed by atoms with Crippen molar-refractivity contribution < 1.29 is 9.18 Å². The predicted molar refractivity (Wildman–Crippen MR) is 121 cm³/mol. The monoisotopic (exact) mass is 438 g/mol. The number of halogens is 2. The van der Waals surface area contributed by atoms with Crippen LogP contribution in [0.5, 0.6) is 0 Å². The molecule has 0 radical (unpaired) electrons. The van der Waals surface area contributed by atoms with Crippen LogP contribution in [-0.2, 0) is 11.2 Å². The lowest BCUT2D eigenvalue weighted by Crippen LogP contribution is -2.43. The first kappa shape index (κ1) is 21.2. The molecule has 2 aromatic carbocycles. The molecule has 1 N–H and O–H groups in total. The number of nitrogens with zero attached hydrogens (tertiary/aromatic N) is 3. The molecule has 5 nitrogen and oxygen atoms in total. The zero-order chi connectivity index (χ0) is 21.6. The molecule has 31 heavy (non-hydrogen) atoms. The number of rotatable bonds is 6. The maximum atomic E-state index is 13.0. The van der Waals surface area contributed by atoms with E-state index in [1.807, 2.05) is 36.4 Å². The van der Waals surface area contributed by atoms with Crippen LogP contribution in [0.2, 0.25) is 5.02 Å². The molecular formula is C24H24ClFN4O. The lowest BCUT2D eigenvalue weighted by Gasteiger charge is -2.32. The van der Waals surface area contributed by atoms with Gasteiger partial charge in [0, 0.05) is 30.2 Å². The van der Waals surface area contributed by atoms with E-state index in [2.05, 4.69) is 20.4 Å². The molecule has 1 fully saturated rings. The number of carbonyl (C=O) groups is 1. The van der Waals surface area contributed by atoms with Crippen LogP contribution >= 0.6 is 11.6 Å². The molecule has 7 heteroatoms. The molecule has 1 aromatic heterocycles. The van der Waals surface area contributed by atoms with Crippen LogP contribution in [0.15, 0.2) is 60.7 Å². The molecule has 0 bridgehead atoms. The van der Waals surface area contributed by atoms with E-state index in [1.54, 1.807) is 12.1 Å². The van der Waals surface area contributed by atoms with Crippen molar-refractivity contribution >= 4 is 23.3 Å². The first-order chi connectivity index (χ1) is 15.1. The molecule has 2 heterocycles. The van der Waals surface area contributed by atoms with Crippen LogP contribution < -0.4 is 10.2 Å². The van der Waals surface area contributed by atoms with Gasteiger partial charge < -0.3 is 10.2 Å². The minimum Gasteiger partial charge on any atom is -0.355 e. The Hall–Kier alpha value is -2.99. The van der Waals surface area contributed by atoms with E-state index in [4.69, 9.17) is 11.6 Å². The number of amides is 1. The number of hydrogen-bond donors (Lipinski definition) is 1. The third-order valence-corrected chi connectivity index (χ3v) is 5.78. The van der Waals surface area contributed by atoms with Gasteiger partial charge in [-0.2, -0.15) is 0 Å². The summed E-state index contributed by atoms with van der Waals surface area (Å²) in [5.41, 5.74) is 2.75. The van der Waals surface area contributed by atoms with Crippen molar-refractivity contribution in [3.63, 3.8) is 0 Å². The summed E-state index contributed by atoms with van der Waals surface area (Å²) in [7, 11) is 0. The minimum absolute atomic E-state index is 0.0533. The van der Waals surface area contributed by atoms with Crippen molar-refractivity contribution in [2.75, 3.05) is 24.5 Å². The van der Waals surface area contributed by atoms with E-state index in [0.717, 1.165) is 42.0 Å². The molecule has 0 spiro atoms. The van der Waals surface area contributed by atoms with Crippen LogP contribution in [0.1, 0.15) is 18.4 Å². The zero-order valence-electron chi connectivity index (χ0n) is 17.1. The lowest BCUT2D eigenvalue weighted by atomic mass is 9.97. The van der Waals surface area contributed by atoms with Crippen LogP contribution in [0, 0.1) is 11.7 Å². The quantitative estimate of drug-likeness (QED) is 0.615. The Bertz CT molecular complexity index is 1010. The van der Waals surface area contributed by atoms with Crippen LogP contribution in [0.25, 0.3) is 11.3 Å². The SMILES string of the molecule is O=C(NCCc1ccc(F)cc1)C1CCCN(c2ccc(-c3ccc(Cl)cc3)nn2)C1. The molecule has 3 aromatic rings. The summed E-state index contributed by atoms with van der Waals surface area (Å²) < 4.78 is 13.0. The lowest BCUT2D eigenvalue weighted by molar-refractivity contribution is -0.125. The van der Waals surface area contributed by atoms with E-state index in [1.165, 1.54) is 12.1 Å². The third-order valence-electron chi connectivity index (χ3n) is 5.53. The molecular weight excluding hydrogens is 415 g/mol. The van der Waals surface area contributed by atoms with E-state index >= 15 is 0 Å². The standard InChI is InChI=1S/C24H24ClFN4O/c25-20-7-5-18(6-8-20)22-11-12-23(29-28-22)30-15-1-2-19(16-30)24(31)27-14-13-17-3-9-21(26)10-4-17/h3-12,19H,1-2,13-16H2,(H,27,31). The summed E-state index contributed by atoms with van der Waals surface area (Å²) in [5, 5.41) is 12.4. The van der Waals surface area contributed by atoms with Crippen molar-refractivity contribution in [3.05, 3.63) is 77.1 Å². The van der Waals surface area contributed by atoms with Gasteiger partial charge >= 0.3 is 0 Å². The van der Waals surface area contributed by atoms with Gasteiger partial charge in [-0.3, -0.25) is 4.79 Å². The summed E-state index contributed by atoms with van der Waals surface area (Å²) in [4.78, 5) is 14.8. The van der Waals surface area contributed by atoms with Gasteiger partial charge in [0.15, 0.2) is 5.82 Å². The molecule has 1 aliphatic rings. The second-order valence-corrected chi connectivity index (χ2v) is 8.17. The Kier molecular flexibility index (Phi) is 6.77. The highest BCUT2D eigenvalue weighted by Gasteiger charge is 2.26. The summed E-state index contributed by atoms with van der Waals surface area (Å²) in [6.07, 6.45) is 2.46. The van der Waals surface area contributed by atoms with Gasteiger partial charge in [0.05, 0.1) is 11.6 Å². The second-order valence-electron chi connectivity index (χ2n) is 7.74. The average Bonchev–Trinajstić information content (AvgIpc) is 2.81. The van der Waals surface area contributed by atoms with E-state index in [-0.39, 0.29) is 17.6 Å². The average molecular weight is 439 g/mol.